The van der Waals surface area contributed by atoms with Crippen LogP contribution in [0.3, 0.4) is 0 Å². The molecule has 2 unspecified atom stereocenters. The highest BCUT2D eigenvalue weighted by atomic mass is 32.1. The first-order chi connectivity index (χ1) is 12.6. The van der Waals surface area contributed by atoms with Crippen LogP contribution in [0.5, 0.6) is 0 Å². The van der Waals surface area contributed by atoms with Crippen molar-refractivity contribution in [3.63, 3.8) is 0 Å². The Morgan fingerprint density at radius 3 is 2.58 bits per heavy atom. The normalized spacial score (nSPS) is 39.0. The first-order valence-electron chi connectivity index (χ1n) is 10.3. The Bertz CT molecular complexity index is 663. The summed E-state index contributed by atoms with van der Waals surface area (Å²) in [7, 11) is 0. The van der Waals surface area contributed by atoms with Crippen molar-refractivity contribution in [2.75, 3.05) is 6.61 Å². The molecule has 26 heavy (non-hydrogen) atoms. The maximum atomic E-state index is 10.7. The molecule has 1 aromatic rings. The quantitative estimate of drug-likeness (QED) is 0.772. The fourth-order valence-electron chi connectivity index (χ4n) is 6.73. The molecule has 0 saturated heterocycles. The van der Waals surface area contributed by atoms with Crippen LogP contribution < -0.4 is 5.73 Å². The van der Waals surface area contributed by atoms with Crippen molar-refractivity contribution in [2.45, 2.75) is 69.9 Å². The Balaban J connectivity index is 1.23. The number of rotatable bonds is 5. The van der Waals surface area contributed by atoms with Crippen molar-refractivity contribution >= 4 is 17.0 Å². The SMILES string of the molecule is NC(C(O)CON=C1CCCc2sccc21)C12CC3CC(CC(C3)C1)C2. The summed E-state index contributed by atoms with van der Waals surface area (Å²) < 4.78 is 0. The van der Waals surface area contributed by atoms with E-state index in [2.05, 4.69) is 16.6 Å². The Labute approximate surface area is 159 Å². The minimum atomic E-state index is -0.624. The topological polar surface area (TPSA) is 67.8 Å². The van der Waals surface area contributed by atoms with E-state index >= 15 is 0 Å². The fraction of sp³-hybridized carbons (Fsp3) is 0.762. The number of hydrogen-bond acceptors (Lipinski definition) is 5. The fourth-order valence-corrected chi connectivity index (χ4v) is 7.67. The molecule has 0 amide bonds. The van der Waals surface area contributed by atoms with Crippen LogP contribution in [0.4, 0.5) is 0 Å². The molecule has 3 N–H and O–H groups in total. The smallest absolute Gasteiger partial charge is 0.144 e. The van der Waals surface area contributed by atoms with Gasteiger partial charge >= 0.3 is 0 Å². The second kappa shape index (κ2) is 6.61. The summed E-state index contributed by atoms with van der Waals surface area (Å²) in [5.74, 6) is 2.54. The molecule has 4 nitrogen and oxygen atoms in total. The molecule has 0 radical (unpaired) electrons. The highest BCUT2D eigenvalue weighted by Crippen LogP contribution is 2.61. The van der Waals surface area contributed by atoms with Crippen LogP contribution in [-0.4, -0.2) is 29.6 Å². The van der Waals surface area contributed by atoms with Gasteiger partial charge in [0.15, 0.2) is 0 Å². The number of oxime groups is 1. The third-order valence-electron chi connectivity index (χ3n) is 7.50. The molecule has 4 saturated carbocycles. The number of nitrogens with two attached hydrogens (primary N) is 1. The molecule has 0 aliphatic heterocycles. The van der Waals surface area contributed by atoms with Crippen LogP contribution >= 0.6 is 11.3 Å². The van der Waals surface area contributed by atoms with Gasteiger partial charge in [-0.2, -0.15) is 0 Å². The summed E-state index contributed by atoms with van der Waals surface area (Å²) in [6.45, 7) is 0.214. The number of thiophene rings is 1. The summed E-state index contributed by atoms with van der Waals surface area (Å²) in [5.41, 5.74) is 9.04. The molecule has 6 rings (SSSR count). The lowest BCUT2D eigenvalue weighted by molar-refractivity contribution is -0.0998. The summed E-state index contributed by atoms with van der Waals surface area (Å²) in [5, 5.41) is 17.2. The molecule has 1 heterocycles. The summed E-state index contributed by atoms with van der Waals surface area (Å²) >= 11 is 1.80. The largest absolute Gasteiger partial charge is 0.393 e. The molecule has 0 spiro atoms. The number of aryl methyl sites for hydroxylation is 1. The highest BCUT2D eigenvalue weighted by Gasteiger charge is 2.54. The van der Waals surface area contributed by atoms with E-state index in [0.29, 0.717) is 0 Å². The number of aliphatic hydroxyl groups excluding tert-OH is 1. The van der Waals surface area contributed by atoms with E-state index in [0.717, 1.165) is 42.7 Å². The predicted molar refractivity (Wildman–Crippen MR) is 104 cm³/mol. The molecule has 5 aliphatic rings. The monoisotopic (exact) mass is 374 g/mol. The van der Waals surface area contributed by atoms with Crippen LogP contribution in [0.1, 0.15) is 61.8 Å². The van der Waals surface area contributed by atoms with Crippen LogP contribution in [0.2, 0.25) is 0 Å². The molecular formula is C21H30N2O2S. The van der Waals surface area contributed by atoms with Crippen LogP contribution in [0.25, 0.3) is 0 Å². The van der Waals surface area contributed by atoms with Crippen LogP contribution in [-0.2, 0) is 11.3 Å². The molecule has 5 heteroatoms. The van der Waals surface area contributed by atoms with Gasteiger partial charge in [-0.25, -0.2) is 0 Å². The average molecular weight is 375 g/mol. The van der Waals surface area contributed by atoms with Crippen molar-refractivity contribution in [3.05, 3.63) is 21.9 Å². The van der Waals surface area contributed by atoms with Crippen molar-refractivity contribution < 1.29 is 9.94 Å². The van der Waals surface area contributed by atoms with Gasteiger partial charge in [0.05, 0.1) is 5.71 Å². The summed E-state index contributed by atoms with van der Waals surface area (Å²) in [4.78, 5) is 7.01. The van der Waals surface area contributed by atoms with Gasteiger partial charge in [-0.3, -0.25) is 0 Å². The van der Waals surface area contributed by atoms with Gasteiger partial charge in [0.2, 0.25) is 0 Å². The molecule has 1 aromatic heterocycles. The maximum Gasteiger partial charge on any atom is 0.144 e. The van der Waals surface area contributed by atoms with E-state index in [-0.39, 0.29) is 18.1 Å². The van der Waals surface area contributed by atoms with E-state index in [1.54, 1.807) is 11.3 Å². The van der Waals surface area contributed by atoms with E-state index in [1.165, 1.54) is 49.0 Å². The third-order valence-corrected chi connectivity index (χ3v) is 8.48. The molecule has 5 aliphatic carbocycles. The van der Waals surface area contributed by atoms with Crippen molar-refractivity contribution in [1.82, 2.24) is 0 Å². The van der Waals surface area contributed by atoms with Gasteiger partial charge in [0, 0.05) is 16.5 Å². The molecule has 0 aromatic carbocycles. The number of aliphatic hydroxyl groups is 1. The van der Waals surface area contributed by atoms with Gasteiger partial charge in [0.1, 0.15) is 12.7 Å². The van der Waals surface area contributed by atoms with E-state index in [1.807, 2.05) is 0 Å². The molecule has 4 fully saturated rings. The lowest BCUT2D eigenvalue weighted by atomic mass is 9.47. The second-order valence-corrected chi connectivity index (χ2v) is 10.3. The maximum absolute atomic E-state index is 10.7. The first kappa shape index (κ1) is 17.2. The average Bonchev–Trinajstić information content (AvgIpc) is 3.09. The van der Waals surface area contributed by atoms with Gasteiger partial charge < -0.3 is 15.7 Å². The number of fused-ring (bicyclic) bond motifs is 1. The minimum absolute atomic E-state index is 0.149. The van der Waals surface area contributed by atoms with Crippen molar-refractivity contribution in [2.24, 2.45) is 34.1 Å². The molecule has 4 bridgehead atoms. The van der Waals surface area contributed by atoms with E-state index < -0.39 is 6.10 Å². The van der Waals surface area contributed by atoms with Crippen LogP contribution in [0, 0.1) is 23.2 Å². The van der Waals surface area contributed by atoms with Gasteiger partial charge in [-0.15, -0.1) is 11.3 Å². The molecular weight excluding hydrogens is 344 g/mol. The number of hydrogen-bond donors (Lipinski definition) is 2. The van der Waals surface area contributed by atoms with Crippen LogP contribution in [0.15, 0.2) is 16.6 Å². The lowest BCUT2D eigenvalue weighted by Crippen LogP contribution is -2.59. The highest BCUT2D eigenvalue weighted by molar-refractivity contribution is 7.10. The first-order valence-corrected chi connectivity index (χ1v) is 11.2. The molecule has 2 atom stereocenters. The second-order valence-electron chi connectivity index (χ2n) is 9.32. The number of nitrogens with zero attached hydrogens (tertiary/aromatic N) is 1. The minimum Gasteiger partial charge on any atom is -0.393 e. The Kier molecular flexibility index (Phi) is 4.37. The molecule has 142 valence electrons. The Morgan fingerprint density at radius 1 is 1.19 bits per heavy atom. The van der Waals surface area contributed by atoms with Gasteiger partial charge in [-0.05, 0) is 92.4 Å². The Hall–Kier alpha value is -0.910. The third kappa shape index (κ3) is 2.92. The van der Waals surface area contributed by atoms with Crippen molar-refractivity contribution in [3.8, 4) is 0 Å². The van der Waals surface area contributed by atoms with E-state index in [9.17, 15) is 5.11 Å². The zero-order valence-corrected chi connectivity index (χ0v) is 16.2. The summed E-state index contributed by atoms with van der Waals surface area (Å²) in [6, 6.07) is 1.96. The van der Waals surface area contributed by atoms with Crippen molar-refractivity contribution in [1.29, 1.82) is 0 Å². The predicted octanol–water partition coefficient (Wildman–Crippen LogP) is 3.71. The van der Waals surface area contributed by atoms with Gasteiger partial charge in [-0.1, -0.05) is 5.16 Å². The zero-order valence-electron chi connectivity index (χ0n) is 15.4. The Morgan fingerprint density at radius 2 is 1.88 bits per heavy atom. The lowest BCUT2D eigenvalue weighted by Gasteiger charge is -2.59. The summed E-state index contributed by atoms with van der Waals surface area (Å²) in [6.07, 6.45) is 10.4. The zero-order chi connectivity index (χ0) is 17.7. The standard InChI is InChI=1S/C21H30N2O2S/c22-20(21-9-13-6-14(10-21)8-15(7-13)11-21)18(24)12-25-23-17-2-1-3-19-16(17)4-5-26-19/h4-5,13-15,18,20,24H,1-3,6-12,22H2. The van der Waals surface area contributed by atoms with E-state index in [4.69, 9.17) is 10.6 Å². The van der Waals surface area contributed by atoms with Gasteiger partial charge in [0.25, 0.3) is 0 Å².